The van der Waals surface area contributed by atoms with Crippen LogP contribution in [0.1, 0.15) is 17.3 Å². The first-order valence-electron chi connectivity index (χ1n) is 9.96. The molecule has 1 atom stereocenters. The molecule has 0 bridgehead atoms. The second kappa shape index (κ2) is 9.49. The fraction of sp³-hybridized carbons (Fsp3) is 0.318. The van der Waals surface area contributed by atoms with E-state index in [0.717, 1.165) is 0 Å². The molecule has 4 rings (SSSR count). The third-order valence-corrected chi connectivity index (χ3v) is 6.05. The van der Waals surface area contributed by atoms with Crippen LogP contribution in [-0.4, -0.2) is 59.2 Å². The topological polar surface area (TPSA) is 69.5 Å². The second-order valence-electron chi connectivity index (χ2n) is 7.05. The van der Waals surface area contributed by atoms with Crippen LogP contribution in [0.3, 0.4) is 0 Å². The highest BCUT2D eigenvalue weighted by molar-refractivity contribution is 8.00. The van der Waals surface area contributed by atoms with Crippen molar-refractivity contribution in [1.82, 2.24) is 14.8 Å². The van der Waals surface area contributed by atoms with E-state index in [-0.39, 0.29) is 11.6 Å². The van der Waals surface area contributed by atoms with Gasteiger partial charge in [-0.2, -0.15) is 0 Å². The van der Waals surface area contributed by atoms with E-state index < -0.39 is 5.25 Å². The van der Waals surface area contributed by atoms with E-state index >= 15 is 0 Å². The minimum Gasteiger partial charge on any atom is -0.497 e. The molecule has 0 radical (unpaired) electrons. The molecule has 1 aromatic heterocycles. The normalized spacial score (nSPS) is 15.0. The highest BCUT2D eigenvalue weighted by Crippen LogP contribution is 2.31. The number of hydrogen-bond donors (Lipinski definition) is 0. The first-order chi connectivity index (χ1) is 15.1. The summed E-state index contributed by atoms with van der Waals surface area (Å²) in [6.07, 6.45) is 0. The summed E-state index contributed by atoms with van der Waals surface area (Å²) < 4.78 is 26.4. The van der Waals surface area contributed by atoms with Crippen LogP contribution in [0.4, 0.5) is 10.3 Å². The highest BCUT2D eigenvalue weighted by Gasteiger charge is 2.25. The van der Waals surface area contributed by atoms with Crippen molar-refractivity contribution in [3.8, 4) is 11.4 Å². The van der Waals surface area contributed by atoms with Gasteiger partial charge in [0.05, 0.1) is 31.3 Å². The second-order valence-corrected chi connectivity index (χ2v) is 8.36. The number of aromatic nitrogens is 3. The van der Waals surface area contributed by atoms with E-state index in [1.54, 1.807) is 48.1 Å². The van der Waals surface area contributed by atoms with Crippen molar-refractivity contribution < 1.29 is 18.7 Å². The number of nitrogens with zero attached hydrogens (tertiary/aromatic N) is 4. The van der Waals surface area contributed by atoms with Gasteiger partial charge in [0, 0.05) is 18.7 Å². The molecule has 1 unspecified atom stereocenters. The number of hydrogen-bond acceptors (Lipinski definition) is 7. The van der Waals surface area contributed by atoms with E-state index in [0.29, 0.717) is 54.4 Å². The Kier molecular flexibility index (Phi) is 6.53. The lowest BCUT2D eigenvalue weighted by molar-refractivity contribution is 0.0994. The van der Waals surface area contributed by atoms with Crippen molar-refractivity contribution in [2.75, 3.05) is 38.3 Å². The molecule has 1 aliphatic rings. The van der Waals surface area contributed by atoms with Crippen LogP contribution in [0.15, 0.2) is 53.7 Å². The molecule has 2 aromatic carbocycles. The maximum atomic E-state index is 14.0. The van der Waals surface area contributed by atoms with Crippen LogP contribution in [0.5, 0.6) is 5.75 Å². The lowest BCUT2D eigenvalue weighted by Crippen LogP contribution is -2.37. The Balaban J connectivity index is 1.64. The average Bonchev–Trinajstić information content (AvgIpc) is 3.22. The summed E-state index contributed by atoms with van der Waals surface area (Å²) in [7, 11) is 1.58. The standard InChI is InChI=1S/C22H23FN4O3S/c1-15(20(28)16-6-8-19(29-2)9-7-16)31-22-25-24-21(26-10-12-30-13-11-26)27(22)18-5-3-4-17(23)14-18/h3-9,14-15H,10-13H2,1-2H3. The number of ether oxygens (including phenoxy) is 2. The molecule has 1 fully saturated rings. The Morgan fingerprint density at radius 3 is 2.58 bits per heavy atom. The number of halogens is 1. The number of Topliss-reactive ketones (excluding diaryl/α,β-unsaturated/α-hetero) is 1. The van der Waals surface area contributed by atoms with Gasteiger partial charge >= 0.3 is 0 Å². The highest BCUT2D eigenvalue weighted by atomic mass is 32.2. The number of thioether (sulfide) groups is 1. The molecular formula is C22H23FN4O3S. The molecule has 162 valence electrons. The van der Waals surface area contributed by atoms with Crippen molar-refractivity contribution in [3.05, 3.63) is 59.9 Å². The predicted molar refractivity (Wildman–Crippen MR) is 117 cm³/mol. The van der Waals surface area contributed by atoms with Gasteiger partial charge in [-0.15, -0.1) is 10.2 Å². The first kappa shape index (κ1) is 21.3. The van der Waals surface area contributed by atoms with Crippen molar-refractivity contribution >= 4 is 23.5 Å². The summed E-state index contributed by atoms with van der Waals surface area (Å²) in [5.41, 5.74) is 1.20. The van der Waals surface area contributed by atoms with Crippen LogP contribution in [-0.2, 0) is 4.74 Å². The van der Waals surface area contributed by atoms with Crippen molar-refractivity contribution in [1.29, 1.82) is 0 Å². The molecule has 2 heterocycles. The molecule has 0 N–H and O–H groups in total. The third-order valence-electron chi connectivity index (χ3n) is 5.00. The molecule has 0 saturated carbocycles. The van der Waals surface area contributed by atoms with Gasteiger partial charge in [0.25, 0.3) is 0 Å². The van der Waals surface area contributed by atoms with Gasteiger partial charge in [0.2, 0.25) is 5.95 Å². The van der Waals surface area contributed by atoms with Crippen LogP contribution >= 0.6 is 11.8 Å². The minimum absolute atomic E-state index is 0.0330. The molecule has 1 saturated heterocycles. The number of morpholine rings is 1. The number of carbonyl (C=O) groups is 1. The lowest BCUT2D eigenvalue weighted by Gasteiger charge is -2.28. The first-order valence-corrected chi connectivity index (χ1v) is 10.8. The third kappa shape index (κ3) is 4.72. The molecule has 3 aromatic rings. The van der Waals surface area contributed by atoms with Crippen LogP contribution in [0, 0.1) is 5.82 Å². The zero-order chi connectivity index (χ0) is 21.8. The van der Waals surface area contributed by atoms with Gasteiger partial charge in [-0.3, -0.25) is 9.36 Å². The SMILES string of the molecule is COc1ccc(C(=O)C(C)Sc2nnc(N3CCOCC3)n2-c2cccc(F)c2)cc1. The van der Waals surface area contributed by atoms with E-state index in [2.05, 4.69) is 15.1 Å². The van der Waals surface area contributed by atoms with Gasteiger partial charge in [-0.1, -0.05) is 17.8 Å². The Morgan fingerprint density at radius 1 is 1.16 bits per heavy atom. The van der Waals surface area contributed by atoms with Crippen molar-refractivity contribution in [2.24, 2.45) is 0 Å². The zero-order valence-corrected chi connectivity index (χ0v) is 18.1. The summed E-state index contributed by atoms with van der Waals surface area (Å²) in [5, 5.41) is 8.82. The van der Waals surface area contributed by atoms with Gasteiger partial charge in [0.15, 0.2) is 10.9 Å². The van der Waals surface area contributed by atoms with Gasteiger partial charge in [0.1, 0.15) is 11.6 Å². The quantitative estimate of drug-likeness (QED) is 0.409. The smallest absolute Gasteiger partial charge is 0.232 e. The Labute approximate surface area is 184 Å². The van der Waals surface area contributed by atoms with E-state index in [4.69, 9.17) is 9.47 Å². The molecule has 0 amide bonds. The Bertz CT molecular complexity index is 1050. The van der Waals surface area contributed by atoms with E-state index in [1.807, 2.05) is 6.92 Å². The molecule has 9 heteroatoms. The molecule has 7 nitrogen and oxygen atoms in total. The van der Waals surface area contributed by atoms with Gasteiger partial charge in [-0.25, -0.2) is 4.39 Å². The number of methoxy groups -OCH3 is 1. The van der Waals surface area contributed by atoms with Crippen molar-refractivity contribution in [2.45, 2.75) is 17.3 Å². The van der Waals surface area contributed by atoms with Crippen molar-refractivity contribution in [3.63, 3.8) is 0 Å². The van der Waals surface area contributed by atoms with Crippen LogP contribution in [0.2, 0.25) is 0 Å². The maximum absolute atomic E-state index is 14.0. The summed E-state index contributed by atoms with van der Waals surface area (Å²) >= 11 is 1.30. The molecular weight excluding hydrogens is 419 g/mol. The van der Waals surface area contributed by atoms with Gasteiger partial charge < -0.3 is 14.4 Å². The monoisotopic (exact) mass is 442 g/mol. The van der Waals surface area contributed by atoms with E-state index in [9.17, 15) is 9.18 Å². The number of carbonyl (C=O) groups excluding carboxylic acids is 1. The van der Waals surface area contributed by atoms with Gasteiger partial charge in [-0.05, 0) is 49.4 Å². The molecule has 1 aliphatic heterocycles. The number of anilines is 1. The largest absolute Gasteiger partial charge is 0.497 e. The molecule has 0 aliphatic carbocycles. The summed E-state index contributed by atoms with van der Waals surface area (Å²) in [6, 6.07) is 13.3. The summed E-state index contributed by atoms with van der Waals surface area (Å²) in [5.74, 6) is 0.921. The fourth-order valence-electron chi connectivity index (χ4n) is 3.35. The van der Waals surface area contributed by atoms with Crippen LogP contribution in [0.25, 0.3) is 5.69 Å². The average molecular weight is 443 g/mol. The fourth-order valence-corrected chi connectivity index (χ4v) is 4.29. The number of ketones is 1. The number of benzene rings is 2. The number of rotatable bonds is 7. The minimum atomic E-state index is -0.414. The Morgan fingerprint density at radius 2 is 1.90 bits per heavy atom. The Hall–Kier alpha value is -2.91. The summed E-state index contributed by atoms with van der Waals surface area (Å²) in [6.45, 7) is 4.34. The maximum Gasteiger partial charge on any atom is 0.232 e. The predicted octanol–water partition coefficient (Wildman–Crippen LogP) is 3.62. The lowest BCUT2D eigenvalue weighted by atomic mass is 10.1. The van der Waals surface area contributed by atoms with E-state index in [1.165, 1.54) is 23.9 Å². The van der Waals surface area contributed by atoms with Crippen LogP contribution < -0.4 is 9.64 Å². The summed E-state index contributed by atoms with van der Waals surface area (Å²) in [4.78, 5) is 15.0. The molecule has 0 spiro atoms. The zero-order valence-electron chi connectivity index (χ0n) is 17.3. The molecule has 31 heavy (non-hydrogen) atoms.